The molecule has 0 saturated carbocycles. The summed E-state index contributed by atoms with van der Waals surface area (Å²) in [4.78, 5) is 11.0. The van der Waals surface area contributed by atoms with Crippen LogP contribution in [-0.4, -0.2) is 30.4 Å². The van der Waals surface area contributed by atoms with Crippen molar-refractivity contribution in [3.8, 4) is 0 Å². The van der Waals surface area contributed by atoms with E-state index < -0.39 is 22.0 Å². The summed E-state index contributed by atoms with van der Waals surface area (Å²) in [5.74, 6) is -1.19. The van der Waals surface area contributed by atoms with E-state index in [1.54, 1.807) is 19.1 Å². The first-order chi connectivity index (χ1) is 8.72. The van der Waals surface area contributed by atoms with Crippen LogP contribution in [0.1, 0.15) is 18.9 Å². The smallest absolute Gasteiger partial charge is 0.321 e. The Labute approximate surface area is 121 Å². The van der Waals surface area contributed by atoms with Crippen molar-refractivity contribution >= 4 is 31.9 Å². The van der Waals surface area contributed by atoms with Gasteiger partial charge in [-0.25, -0.2) is 8.42 Å². The topological polar surface area (TPSA) is 83.5 Å². The number of carboxylic acids is 1. The van der Waals surface area contributed by atoms with Gasteiger partial charge in [0.05, 0.1) is 4.90 Å². The second kappa shape index (κ2) is 6.49. The SMILES string of the molecule is Cc1ccc(S(=O)(=O)N[C@H](CC(C)Br)C(=O)O)cc1. The highest BCUT2D eigenvalue weighted by molar-refractivity contribution is 9.09. The summed E-state index contributed by atoms with van der Waals surface area (Å²) < 4.78 is 26.3. The normalized spacial score (nSPS) is 14.9. The van der Waals surface area contributed by atoms with Crippen molar-refractivity contribution in [2.45, 2.75) is 36.0 Å². The highest BCUT2D eigenvalue weighted by Crippen LogP contribution is 2.13. The number of aliphatic carboxylic acids is 1. The number of sulfonamides is 1. The van der Waals surface area contributed by atoms with Crippen molar-refractivity contribution in [3.63, 3.8) is 0 Å². The van der Waals surface area contributed by atoms with Crippen LogP contribution in [0.3, 0.4) is 0 Å². The monoisotopic (exact) mass is 349 g/mol. The number of hydrogen-bond acceptors (Lipinski definition) is 3. The third kappa shape index (κ3) is 4.93. The molecule has 2 N–H and O–H groups in total. The summed E-state index contributed by atoms with van der Waals surface area (Å²) in [5.41, 5.74) is 0.933. The Bertz CT molecular complexity index is 539. The van der Waals surface area contributed by atoms with Gasteiger partial charge in [-0.1, -0.05) is 40.5 Å². The molecule has 0 amide bonds. The van der Waals surface area contributed by atoms with Crippen LogP contribution >= 0.6 is 15.9 Å². The van der Waals surface area contributed by atoms with Crippen LogP contribution in [-0.2, 0) is 14.8 Å². The van der Waals surface area contributed by atoms with E-state index in [0.717, 1.165) is 5.56 Å². The van der Waals surface area contributed by atoms with Gasteiger partial charge in [0, 0.05) is 4.83 Å². The van der Waals surface area contributed by atoms with Crippen molar-refractivity contribution in [1.82, 2.24) is 4.72 Å². The molecule has 0 spiro atoms. The minimum absolute atomic E-state index is 0.0616. The van der Waals surface area contributed by atoms with Crippen molar-refractivity contribution in [2.24, 2.45) is 0 Å². The van der Waals surface area contributed by atoms with Crippen LogP contribution < -0.4 is 4.72 Å². The molecule has 0 aromatic heterocycles. The molecule has 1 rings (SSSR count). The number of rotatable bonds is 6. The molecule has 0 fully saturated rings. The molecule has 19 heavy (non-hydrogen) atoms. The number of benzene rings is 1. The number of nitrogens with one attached hydrogen (secondary N) is 1. The van der Waals surface area contributed by atoms with Gasteiger partial charge in [-0.05, 0) is 25.5 Å². The maximum Gasteiger partial charge on any atom is 0.321 e. The number of aryl methyl sites for hydroxylation is 1. The molecule has 0 aliphatic carbocycles. The summed E-state index contributed by atoms with van der Waals surface area (Å²) in [5, 5.41) is 9.03. The second-order valence-electron chi connectivity index (χ2n) is 4.34. The fourth-order valence-corrected chi connectivity index (χ4v) is 3.07. The van der Waals surface area contributed by atoms with E-state index in [9.17, 15) is 13.2 Å². The highest BCUT2D eigenvalue weighted by Gasteiger charge is 2.26. The fourth-order valence-electron chi connectivity index (χ4n) is 1.50. The van der Waals surface area contributed by atoms with Crippen LogP contribution in [0.25, 0.3) is 0 Å². The van der Waals surface area contributed by atoms with Crippen molar-refractivity contribution in [1.29, 1.82) is 0 Å². The Morgan fingerprint density at radius 3 is 2.32 bits per heavy atom. The minimum atomic E-state index is -3.82. The first-order valence-electron chi connectivity index (χ1n) is 5.68. The summed E-state index contributed by atoms with van der Waals surface area (Å²) in [7, 11) is -3.82. The van der Waals surface area contributed by atoms with Gasteiger partial charge in [-0.15, -0.1) is 0 Å². The largest absolute Gasteiger partial charge is 0.480 e. The van der Waals surface area contributed by atoms with Crippen LogP contribution in [0, 0.1) is 6.92 Å². The van der Waals surface area contributed by atoms with Crippen LogP contribution in [0.5, 0.6) is 0 Å². The molecule has 0 radical (unpaired) electrons. The van der Waals surface area contributed by atoms with Crippen molar-refractivity contribution in [2.75, 3.05) is 0 Å². The zero-order valence-corrected chi connectivity index (χ0v) is 13.0. The number of carboxylic acid groups (broad SMARTS) is 1. The molecule has 106 valence electrons. The number of alkyl halides is 1. The zero-order valence-electron chi connectivity index (χ0n) is 10.6. The highest BCUT2D eigenvalue weighted by atomic mass is 79.9. The van der Waals surface area contributed by atoms with E-state index in [4.69, 9.17) is 5.11 Å². The van der Waals surface area contributed by atoms with Gasteiger partial charge in [0.15, 0.2) is 0 Å². The van der Waals surface area contributed by atoms with E-state index in [1.807, 2.05) is 6.92 Å². The molecule has 0 aliphatic heterocycles. The standard InChI is InChI=1S/C12H16BrNO4S/c1-8-3-5-10(6-4-8)19(17,18)14-11(12(15)16)7-9(2)13/h3-6,9,11,14H,7H2,1-2H3,(H,15,16)/t9?,11-/m1/s1. The molecular weight excluding hydrogens is 334 g/mol. The molecule has 0 bridgehead atoms. The Morgan fingerprint density at radius 1 is 1.37 bits per heavy atom. The quantitative estimate of drug-likeness (QED) is 0.768. The molecule has 1 aromatic carbocycles. The third-order valence-electron chi connectivity index (χ3n) is 2.49. The van der Waals surface area contributed by atoms with Crippen LogP contribution in [0.15, 0.2) is 29.2 Å². The Balaban J connectivity index is 2.94. The second-order valence-corrected chi connectivity index (χ2v) is 7.62. The molecule has 2 atom stereocenters. The lowest BCUT2D eigenvalue weighted by molar-refractivity contribution is -0.139. The van der Waals surface area contributed by atoms with Crippen molar-refractivity contribution in [3.05, 3.63) is 29.8 Å². The van der Waals surface area contributed by atoms with Gasteiger partial charge in [0.2, 0.25) is 10.0 Å². The van der Waals surface area contributed by atoms with E-state index in [0.29, 0.717) is 0 Å². The molecule has 0 saturated heterocycles. The summed E-state index contributed by atoms with van der Waals surface area (Å²) in [6.07, 6.45) is 0.167. The van der Waals surface area contributed by atoms with E-state index in [1.165, 1.54) is 12.1 Å². The van der Waals surface area contributed by atoms with E-state index in [-0.39, 0.29) is 16.1 Å². The van der Waals surface area contributed by atoms with Crippen LogP contribution in [0.4, 0.5) is 0 Å². The Morgan fingerprint density at radius 2 is 1.89 bits per heavy atom. The van der Waals surface area contributed by atoms with Gasteiger partial charge in [0.1, 0.15) is 6.04 Å². The van der Waals surface area contributed by atoms with Crippen LogP contribution in [0.2, 0.25) is 0 Å². The van der Waals surface area contributed by atoms with Gasteiger partial charge in [-0.2, -0.15) is 4.72 Å². The third-order valence-corrected chi connectivity index (χ3v) is 4.35. The number of carbonyl (C=O) groups is 1. The van der Waals surface area contributed by atoms with Gasteiger partial charge in [0.25, 0.3) is 0 Å². The predicted molar refractivity (Wildman–Crippen MR) is 75.9 cm³/mol. The Kier molecular flexibility index (Phi) is 5.51. The lowest BCUT2D eigenvalue weighted by Gasteiger charge is -2.16. The van der Waals surface area contributed by atoms with E-state index >= 15 is 0 Å². The molecule has 1 unspecified atom stereocenters. The number of hydrogen-bond donors (Lipinski definition) is 2. The fraction of sp³-hybridized carbons (Fsp3) is 0.417. The first kappa shape index (κ1) is 16.1. The first-order valence-corrected chi connectivity index (χ1v) is 8.08. The zero-order chi connectivity index (χ0) is 14.6. The lowest BCUT2D eigenvalue weighted by atomic mass is 10.2. The molecule has 5 nitrogen and oxygen atoms in total. The molecule has 7 heteroatoms. The maximum atomic E-state index is 12.1. The lowest BCUT2D eigenvalue weighted by Crippen LogP contribution is -2.41. The molecule has 0 heterocycles. The maximum absolute atomic E-state index is 12.1. The summed E-state index contributed by atoms with van der Waals surface area (Å²) in [6, 6.07) is 5.08. The number of halogens is 1. The average Bonchev–Trinajstić information content (AvgIpc) is 2.27. The van der Waals surface area contributed by atoms with Gasteiger partial charge >= 0.3 is 5.97 Å². The van der Waals surface area contributed by atoms with E-state index in [2.05, 4.69) is 20.7 Å². The molecule has 1 aromatic rings. The minimum Gasteiger partial charge on any atom is -0.480 e. The summed E-state index contributed by atoms with van der Waals surface area (Å²) >= 11 is 3.22. The summed E-state index contributed by atoms with van der Waals surface area (Å²) in [6.45, 7) is 3.60. The van der Waals surface area contributed by atoms with Crippen molar-refractivity contribution < 1.29 is 18.3 Å². The Hall–Kier alpha value is -0.920. The molecular formula is C12H16BrNO4S. The molecule has 0 aliphatic rings. The predicted octanol–water partition coefficient (Wildman–Crippen LogP) is 1.90. The average molecular weight is 350 g/mol. The van der Waals surface area contributed by atoms with Gasteiger partial charge in [-0.3, -0.25) is 4.79 Å². The van der Waals surface area contributed by atoms with Gasteiger partial charge < -0.3 is 5.11 Å².